The van der Waals surface area contributed by atoms with Gasteiger partial charge in [0.1, 0.15) is 12.6 Å². The summed E-state index contributed by atoms with van der Waals surface area (Å²) >= 11 is 6.04. The number of piperazine rings is 1. The molecule has 0 aliphatic carbocycles. The number of nitrogens with zero attached hydrogens (tertiary/aromatic N) is 4. The van der Waals surface area contributed by atoms with E-state index in [-0.39, 0.29) is 30.4 Å². The van der Waals surface area contributed by atoms with Gasteiger partial charge in [-0.25, -0.2) is 4.79 Å². The molecule has 8 heteroatoms. The zero-order chi connectivity index (χ0) is 18.3. The Bertz CT molecular complexity index is 726. The SMILES string of the molecule is O=C(CN1C(=O)[C@H]2CCCN2C1=O)N1CCN(c2cccc(Cl)c2)CC1. The Kier molecular flexibility index (Phi) is 4.48. The van der Waals surface area contributed by atoms with Crippen LogP contribution in [0.5, 0.6) is 0 Å². The van der Waals surface area contributed by atoms with Crippen LogP contribution in [0, 0.1) is 0 Å². The molecule has 0 spiro atoms. The smallest absolute Gasteiger partial charge is 0.327 e. The number of hydrogen-bond donors (Lipinski definition) is 0. The lowest BCUT2D eigenvalue weighted by molar-refractivity contribution is -0.137. The van der Waals surface area contributed by atoms with Crippen molar-refractivity contribution in [2.75, 3.05) is 44.2 Å². The van der Waals surface area contributed by atoms with Crippen molar-refractivity contribution in [3.63, 3.8) is 0 Å². The van der Waals surface area contributed by atoms with E-state index in [1.165, 1.54) is 0 Å². The van der Waals surface area contributed by atoms with Gasteiger partial charge >= 0.3 is 6.03 Å². The third-order valence-electron chi connectivity index (χ3n) is 5.38. The summed E-state index contributed by atoms with van der Waals surface area (Å²) in [6, 6.07) is 6.98. The van der Waals surface area contributed by atoms with Crippen molar-refractivity contribution < 1.29 is 14.4 Å². The van der Waals surface area contributed by atoms with Crippen molar-refractivity contribution in [3.8, 4) is 0 Å². The molecule has 3 aliphatic rings. The predicted octanol–water partition coefficient (Wildman–Crippen LogP) is 1.42. The van der Waals surface area contributed by atoms with Crippen molar-refractivity contribution >= 4 is 35.1 Å². The molecule has 1 aromatic rings. The lowest BCUT2D eigenvalue weighted by Gasteiger charge is -2.36. The number of carbonyl (C=O) groups is 3. The highest BCUT2D eigenvalue weighted by Gasteiger charge is 2.48. The van der Waals surface area contributed by atoms with Crippen molar-refractivity contribution in [2.45, 2.75) is 18.9 Å². The van der Waals surface area contributed by atoms with Crippen molar-refractivity contribution in [1.29, 1.82) is 0 Å². The van der Waals surface area contributed by atoms with Gasteiger partial charge in [0.2, 0.25) is 5.91 Å². The Morgan fingerprint density at radius 2 is 1.88 bits per heavy atom. The quantitative estimate of drug-likeness (QED) is 0.748. The molecule has 26 heavy (non-hydrogen) atoms. The molecule has 3 heterocycles. The van der Waals surface area contributed by atoms with Crippen LogP contribution in [0.1, 0.15) is 12.8 Å². The largest absolute Gasteiger partial charge is 0.368 e. The number of amides is 4. The Balaban J connectivity index is 1.34. The first kappa shape index (κ1) is 17.1. The van der Waals surface area contributed by atoms with Crippen LogP contribution < -0.4 is 4.90 Å². The number of anilines is 1. The maximum atomic E-state index is 12.6. The molecule has 0 unspecified atom stereocenters. The normalized spacial score (nSPS) is 23.0. The van der Waals surface area contributed by atoms with E-state index >= 15 is 0 Å². The van der Waals surface area contributed by atoms with Crippen LogP contribution in [0.2, 0.25) is 5.02 Å². The first-order valence-electron chi connectivity index (χ1n) is 8.95. The number of imide groups is 1. The third kappa shape index (κ3) is 3.00. The number of urea groups is 1. The monoisotopic (exact) mass is 376 g/mol. The first-order chi connectivity index (χ1) is 12.5. The molecule has 0 saturated carbocycles. The number of fused-ring (bicyclic) bond motifs is 1. The van der Waals surface area contributed by atoms with Crippen LogP contribution in [0.4, 0.5) is 10.5 Å². The fourth-order valence-corrected chi connectivity index (χ4v) is 4.13. The number of rotatable bonds is 3. The Hall–Kier alpha value is -2.28. The summed E-state index contributed by atoms with van der Waals surface area (Å²) in [4.78, 5) is 43.9. The topological polar surface area (TPSA) is 64.2 Å². The number of benzene rings is 1. The van der Waals surface area contributed by atoms with Crippen LogP contribution in [-0.4, -0.2) is 77.9 Å². The minimum Gasteiger partial charge on any atom is -0.368 e. The van der Waals surface area contributed by atoms with E-state index < -0.39 is 0 Å². The fourth-order valence-electron chi connectivity index (χ4n) is 3.95. The number of carbonyl (C=O) groups excluding carboxylic acids is 3. The average molecular weight is 377 g/mol. The van der Waals surface area contributed by atoms with Gasteiger partial charge in [0.05, 0.1) is 0 Å². The van der Waals surface area contributed by atoms with Gasteiger partial charge in [-0.15, -0.1) is 0 Å². The third-order valence-corrected chi connectivity index (χ3v) is 5.61. The van der Waals surface area contributed by atoms with Crippen molar-refractivity contribution in [3.05, 3.63) is 29.3 Å². The summed E-state index contributed by atoms with van der Waals surface area (Å²) in [5, 5.41) is 0.688. The summed E-state index contributed by atoms with van der Waals surface area (Å²) in [7, 11) is 0. The Morgan fingerprint density at radius 3 is 2.58 bits per heavy atom. The second-order valence-electron chi connectivity index (χ2n) is 6.91. The second kappa shape index (κ2) is 6.79. The molecule has 138 valence electrons. The second-order valence-corrected chi connectivity index (χ2v) is 7.34. The lowest BCUT2D eigenvalue weighted by Crippen LogP contribution is -2.52. The van der Waals surface area contributed by atoms with Crippen LogP contribution >= 0.6 is 11.6 Å². The summed E-state index contributed by atoms with van der Waals surface area (Å²) in [5.41, 5.74) is 1.04. The highest BCUT2D eigenvalue weighted by molar-refractivity contribution is 6.30. The average Bonchev–Trinajstić information content (AvgIpc) is 3.21. The van der Waals surface area contributed by atoms with Gasteiger partial charge in [-0.1, -0.05) is 17.7 Å². The highest BCUT2D eigenvalue weighted by atomic mass is 35.5. The van der Waals surface area contributed by atoms with Gasteiger partial charge in [0.15, 0.2) is 0 Å². The maximum Gasteiger partial charge on any atom is 0.327 e. The molecule has 1 aromatic carbocycles. The standard InChI is InChI=1S/C18H21ClN4O3/c19-13-3-1-4-14(11-13)20-7-9-21(10-8-20)16(24)12-23-17(25)15-5-2-6-22(15)18(23)26/h1,3-4,11,15H,2,5-10,12H2/t15-/m1/s1. The Labute approximate surface area is 157 Å². The zero-order valence-electron chi connectivity index (χ0n) is 14.4. The molecule has 1 atom stereocenters. The minimum atomic E-state index is -0.352. The van der Waals surface area contributed by atoms with E-state index in [0.29, 0.717) is 44.2 Å². The summed E-state index contributed by atoms with van der Waals surface area (Å²) in [6.45, 7) is 2.98. The number of hydrogen-bond acceptors (Lipinski definition) is 4. The van der Waals surface area contributed by atoms with Crippen LogP contribution in [0.3, 0.4) is 0 Å². The molecule has 4 rings (SSSR count). The molecule has 0 radical (unpaired) electrons. The van der Waals surface area contributed by atoms with E-state index in [2.05, 4.69) is 4.90 Å². The maximum absolute atomic E-state index is 12.6. The van der Waals surface area contributed by atoms with E-state index in [1.807, 2.05) is 24.3 Å². The Morgan fingerprint density at radius 1 is 1.12 bits per heavy atom. The molecule has 3 aliphatic heterocycles. The van der Waals surface area contributed by atoms with Crippen LogP contribution in [-0.2, 0) is 9.59 Å². The van der Waals surface area contributed by atoms with Gasteiger partial charge in [0, 0.05) is 43.4 Å². The summed E-state index contributed by atoms with van der Waals surface area (Å²) in [5.74, 6) is -0.392. The fraction of sp³-hybridized carbons (Fsp3) is 0.500. The van der Waals surface area contributed by atoms with Gasteiger partial charge in [-0.3, -0.25) is 14.5 Å². The van der Waals surface area contributed by atoms with Gasteiger partial charge in [-0.05, 0) is 31.0 Å². The van der Waals surface area contributed by atoms with Gasteiger partial charge in [-0.2, -0.15) is 0 Å². The molecular weight excluding hydrogens is 356 g/mol. The van der Waals surface area contributed by atoms with Gasteiger partial charge < -0.3 is 14.7 Å². The van der Waals surface area contributed by atoms with Crippen molar-refractivity contribution in [1.82, 2.24) is 14.7 Å². The van der Waals surface area contributed by atoms with Crippen molar-refractivity contribution in [2.24, 2.45) is 0 Å². The van der Waals surface area contributed by atoms with Gasteiger partial charge in [0.25, 0.3) is 5.91 Å². The molecule has 7 nitrogen and oxygen atoms in total. The highest BCUT2D eigenvalue weighted by Crippen LogP contribution is 2.27. The first-order valence-corrected chi connectivity index (χ1v) is 9.32. The number of halogens is 1. The molecule has 0 aromatic heterocycles. The van der Waals surface area contributed by atoms with Crippen LogP contribution in [0.15, 0.2) is 24.3 Å². The zero-order valence-corrected chi connectivity index (χ0v) is 15.2. The summed E-state index contributed by atoms with van der Waals surface area (Å²) in [6.07, 6.45) is 1.56. The van der Waals surface area contributed by atoms with E-state index in [1.54, 1.807) is 9.80 Å². The predicted molar refractivity (Wildman–Crippen MR) is 97.1 cm³/mol. The molecule has 4 amide bonds. The van der Waals surface area contributed by atoms with E-state index in [9.17, 15) is 14.4 Å². The summed E-state index contributed by atoms with van der Waals surface area (Å²) < 4.78 is 0. The minimum absolute atomic E-state index is 0.151. The lowest BCUT2D eigenvalue weighted by atomic mass is 10.2. The molecule has 0 N–H and O–H groups in total. The molecule has 3 fully saturated rings. The van der Waals surface area contributed by atoms with Crippen LogP contribution in [0.25, 0.3) is 0 Å². The molecule has 0 bridgehead atoms. The van der Waals surface area contributed by atoms with E-state index in [4.69, 9.17) is 11.6 Å². The molecule has 3 saturated heterocycles. The van der Waals surface area contributed by atoms with E-state index in [0.717, 1.165) is 17.0 Å². The molecular formula is C18H21ClN4O3.